The molecule has 0 fully saturated rings. The van der Waals surface area contributed by atoms with E-state index in [9.17, 15) is 4.79 Å². The summed E-state index contributed by atoms with van der Waals surface area (Å²) in [5.41, 5.74) is 1.49. The summed E-state index contributed by atoms with van der Waals surface area (Å²) in [6, 6.07) is 3.53. The number of halogens is 1. The number of terminal acetylenes is 1. The first kappa shape index (κ1) is 16.0. The molecule has 0 aliphatic heterocycles. The average Bonchev–Trinajstić information content (AvgIpc) is 2.46. The van der Waals surface area contributed by atoms with Gasteiger partial charge in [0, 0.05) is 24.5 Å². The van der Waals surface area contributed by atoms with Crippen molar-refractivity contribution in [2.24, 2.45) is 0 Å². The van der Waals surface area contributed by atoms with E-state index < -0.39 is 5.97 Å². The van der Waals surface area contributed by atoms with Crippen LogP contribution < -0.4 is 5.32 Å². The Balaban J connectivity index is 2.59. The first-order valence-corrected chi connectivity index (χ1v) is 6.17. The van der Waals surface area contributed by atoms with E-state index in [0.29, 0.717) is 17.4 Å². The second-order valence-electron chi connectivity index (χ2n) is 3.73. The SMILES string of the molecule is C#CCOC/C(=C\C(=O)OC)NCc1ccc(Cl)nc1. The summed E-state index contributed by atoms with van der Waals surface area (Å²) < 4.78 is 9.76. The van der Waals surface area contributed by atoms with Crippen LogP contribution in [0.25, 0.3) is 0 Å². The molecule has 0 radical (unpaired) electrons. The molecule has 106 valence electrons. The highest BCUT2D eigenvalue weighted by Crippen LogP contribution is 2.05. The maximum Gasteiger partial charge on any atom is 0.332 e. The summed E-state index contributed by atoms with van der Waals surface area (Å²) in [5.74, 6) is 1.89. The summed E-state index contributed by atoms with van der Waals surface area (Å²) >= 11 is 5.70. The predicted octanol–water partition coefficient (Wildman–Crippen LogP) is 1.53. The van der Waals surface area contributed by atoms with E-state index >= 15 is 0 Å². The van der Waals surface area contributed by atoms with E-state index in [1.165, 1.54) is 13.2 Å². The zero-order chi connectivity index (χ0) is 14.8. The van der Waals surface area contributed by atoms with Crippen LogP contribution in [0, 0.1) is 12.3 Å². The molecule has 0 aromatic carbocycles. The van der Waals surface area contributed by atoms with Crippen LogP contribution >= 0.6 is 11.6 Å². The first-order valence-electron chi connectivity index (χ1n) is 5.79. The molecule has 0 saturated carbocycles. The monoisotopic (exact) mass is 294 g/mol. The van der Waals surface area contributed by atoms with Crippen LogP contribution in [0.1, 0.15) is 5.56 Å². The Bertz CT molecular complexity index is 506. The highest BCUT2D eigenvalue weighted by molar-refractivity contribution is 6.29. The average molecular weight is 295 g/mol. The van der Waals surface area contributed by atoms with E-state index in [1.54, 1.807) is 12.3 Å². The van der Waals surface area contributed by atoms with Crippen molar-refractivity contribution in [3.05, 3.63) is 40.8 Å². The van der Waals surface area contributed by atoms with Crippen molar-refractivity contribution < 1.29 is 14.3 Å². The van der Waals surface area contributed by atoms with Gasteiger partial charge in [-0.15, -0.1) is 6.42 Å². The highest BCUT2D eigenvalue weighted by atomic mass is 35.5. The lowest BCUT2D eigenvalue weighted by atomic mass is 10.3. The van der Waals surface area contributed by atoms with Gasteiger partial charge in [-0.2, -0.15) is 0 Å². The van der Waals surface area contributed by atoms with Gasteiger partial charge >= 0.3 is 5.97 Å². The summed E-state index contributed by atoms with van der Waals surface area (Å²) in [6.07, 6.45) is 8.06. The maximum atomic E-state index is 11.2. The van der Waals surface area contributed by atoms with Crippen molar-refractivity contribution in [1.82, 2.24) is 10.3 Å². The topological polar surface area (TPSA) is 60.5 Å². The summed E-state index contributed by atoms with van der Waals surface area (Å²) in [7, 11) is 1.31. The van der Waals surface area contributed by atoms with E-state index in [-0.39, 0.29) is 13.2 Å². The van der Waals surface area contributed by atoms with Crippen LogP contribution in [0.15, 0.2) is 30.1 Å². The fourth-order valence-electron chi connectivity index (χ4n) is 1.29. The largest absolute Gasteiger partial charge is 0.466 e. The van der Waals surface area contributed by atoms with E-state index in [1.807, 2.05) is 6.07 Å². The number of pyridine rings is 1. The Morgan fingerprint density at radius 1 is 1.60 bits per heavy atom. The molecule has 0 amide bonds. The van der Waals surface area contributed by atoms with Crippen molar-refractivity contribution in [1.29, 1.82) is 0 Å². The van der Waals surface area contributed by atoms with Crippen molar-refractivity contribution >= 4 is 17.6 Å². The zero-order valence-electron chi connectivity index (χ0n) is 11.1. The van der Waals surface area contributed by atoms with Gasteiger partial charge in [0.2, 0.25) is 0 Å². The number of esters is 1. The van der Waals surface area contributed by atoms with Gasteiger partial charge in [0.05, 0.1) is 13.7 Å². The Morgan fingerprint density at radius 2 is 2.40 bits per heavy atom. The van der Waals surface area contributed by atoms with Gasteiger partial charge in [0.25, 0.3) is 0 Å². The molecular weight excluding hydrogens is 280 g/mol. The molecule has 0 bridgehead atoms. The smallest absolute Gasteiger partial charge is 0.332 e. The number of carbonyl (C=O) groups is 1. The molecule has 1 N–H and O–H groups in total. The molecule has 5 nitrogen and oxygen atoms in total. The normalized spacial score (nSPS) is 10.8. The Hall–Kier alpha value is -2.03. The minimum Gasteiger partial charge on any atom is -0.466 e. The van der Waals surface area contributed by atoms with Gasteiger partial charge < -0.3 is 14.8 Å². The lowest BCUT2D eigenvalue weighted by Crippen LogP contribution is -2.19. The second-order valence-corrected chi connectivity index (χ2v) is 4.12. The number of hydrogen-bond acceptors (Lipinski definition) is 5. The third-order valence-electron chi connectivity index (χ3n) is 2.24. The van der Waals surface area contributed by atoms with Crippen molar-refractivity contribution in [2.45, 2.75) is 6.54 Å². The number of methoxy groups -OCH3 is 1. The van der Waals surface area contributed by atoms with Crippen LogP contribution in [-0.2, 0) is 20.8 Å². The van der Waals surface area contributed by atoms with Gasteiger partial charge in [0.1, 0.15) is 11.8 Å². The highest BCUT2D eigenvalue weighted by Gasteiger charge is 2.03. The fourth-order valence-corrected chi connectivity index (χ4v) is 1.40. The third-order valence-corrected chi connectivity index (χ3v) is 2.47. The van der Waals surface area contributed by atoms with E-state index in [4.69, 9.17) is 22.8 Å². The molecule has 0 unspecified atom stereocenters. The number of nitrogens with zero attached hydrogens (tertiary/aromatic N) is 1. The molecule has 1 rings (SSSR count). The molecule has 1 aromatic rings. The molecule has 0 spiro atoms. The standard InChI is InChI=1S/C14H15ClN2O3/c1-3-6-20-10-12(7-14(18)19-2)16-8-11-4-5-13(15)17-9-11/h1,4-5,7,9,16H,6,8,10H2,2H3/b12-7+. The molecule has 0 aliphatic rings. The number of nitrogens with one attached hydrogen (secondary N) is 1. The quantitative estimate of drug-likeness (QED) is 0.272. The summed E-state index contributed by atoms with van der Waals surface area (Å²) in [4.78, 5) is 15.2. The molecule has 1 heterocycles. The minimum atomic E-state index is -0.467. The number of rotatable bonds is 7. The van der Waals surface area contributed by atoms with Gasteiger partial charge in [-0.05, 0) is 11.6 Å². The molecular formula is C14H15ClN2O3. The van der Waals surface area contributed by atoms with Gasteiger partial charge in [-0.25, -0.2) is 9.78 Å². The molecule has 0 aliphatic carbocycles. The maximum absolute atomic E-state index is 11.2. The van der Waals surface area contributed by atoms with Crippen molar-refractivity contribution in [3.63, 3.8) is 0 Å². The number of ether oxygens (including phenoxy) is 2. The number of carbonyl (C=O) groups excluding carboxylic acids is 1. The van der Waals surface area contributed by atoms with Crippen molar-refractivity contribution in [3.8, 4) is 12.3 Å². The van der Waals surface area contributed by atoms with Gasteiger partial charge in [0.15, 0.2) is 0 Å². The fraction of sp³-hybridized carbons (Fsp3) is 0.286. The lowest BCUT2D eigenvalue weighted by molar-refractivity contribution is -0.134. The molecule has 6 heteroatoms. The zero-order valence-corrected chi connectivity index (χ0v) is 11.8. The predicted molar refractivity (Wildman–Crippen MR) is 75.8 cm³/mol. The molecule has 20 heavy (non-hydrogen) atoms. The summed E-state index contributed by atoms with van der Waals surface area (Å²) in [5, 5.41) is 3.49. The molecule has 0 saturated heterocycles. The number of hydrogen-bond donors (Lipinski definition) is 1. The van der Waals surface area contributed by atoms with Crippen LogP contribution in [0.2, 0.25) is 5.15 Å². The minimum absolute atomic E-state index is 0.169. The van der Waals surface area contributed by atoms with Crippen molar-refractivity contribution in [2.75, 3.05) is 20.3 Å². The van der Waals surface area contributed by atoms with Crippen LogP contribution in [0.4, 0.5) is 0 Å². The van der Waals surface area contributed by atoms with Gasteiger partial charge in [-0.3, -0.25) is 0 Å². The van der Waals surface area contributed by atoms with Crippen LogP contribution in [0.3, 0.4) is 0 Å². The van der Waals surface area contributed by atoms with E-state index in [0.717, 1.165) is 5.56 Å². The van der Waals surface area contributed by atoms with E-state index in [2.05, 4.69) is 21.0 Å². The number of aromatic nitrogens is 1. The van der Waals surface area contributed by atoms with Crippen LogP contribution in [0.5, 0.6) is 0 Å². The first-order chi connectivity index (χ1) is 9.65. The Labute approximate surface area is 122 Å². The molecule has 1 aromatic heterocycles. The Morgan fingerprint density at radius 3 is 3.00 bits per heavy atom. The summed E-state index contributed by atoms with van der Waals surface area (Å²) in [6.45, 7) is 0.843. The lowest BCUT2D eigenvalue weighted by Gasteiger charge is -2.10. The van der Waals surface area contributed by atoms with Gasteiger partial charge in [-0.1, -0.05) is 23.6 Å². The van der Waals surface area contributed by atoms with Crippen LogP contribution in [-0.4, -0.2) is 31.3 Å². The Kier molecular flexibility index (Phi) is 7.18. The third kappa shape index (κ3) is 6.23. The second kappa shape index (κ2) is 8.97. The molecule has 0 atom stereocenters.